The van der Waals surface area contributed by atoms with E-state index in [4.69, 9.17) is 0 Å². The molecule has 0 saturated carbocycles. The van der Waals surface area contributed by atoms with Gasteiger partial charge in [0.1, 0.15) is 22.7 Å². The smallest absolute Gasteiger partial charge is 0.305 e. The lowest BCUT2D eigenvalue weighted by molar-refractivity contribution is -0.141. The molecule has 0 spiro atoms. The monoisotopic (exact) mass is 811 g/mol. The Morgan fingerprint density at radius 3 is 2.48 bits per heavy atom. The topological polar surface area (TPSA) is 246 Å². The van der Waals surface area contributed by atoms with Crippen LogP contribution in [0.1, 0.15) is 69.8 Å². The summed E-state index contributed by atoms with van der Waals surface area (Å²) in [5.41, 5.74) is 4.18. The molecule has 0 saturated heterocycles. The van der Waals surface area contributed by atoms with Crippen molar-refractivity contribution in [1.29, 1.82) is 0 Å². The molecule has 7 N–H and O–H groups in total. The van der Waals surface area contributed by atoms with Crippen molar-refractivity contribution in [2.24, 2.45) is 10.2 Å². The molecule has 1 unspecified atom stereocenters. The molecule has 0 radical (unpaired) electrons. The van der Waals surface area contributed by atoms with Crippen molar-refractivity contribution < 1.29 is 37.9 Å². The fraction of sp³-hybridized carbons (Fsp3) is 0.300. The summed E-state index contributed by atoms with van der Waals surface area (Å²) in [6.07, 6.45) is 3.87. The zero-order valence-corrected chi connectivity index (χ0v) is 32.6. The molecule has 18 heteroatoms. The van der Waals surface area contributed by atoms with Crippen LogP contribution in [0.15, 0.2) is 100 Å². The number of amides is 3. The Morgan fingerprint density at radius 1 is 0.966 bits per heavy atom. The van der Waals surface area contributed by atoms with Gasteiger partial charge in [-0.3, -0.25) is 19.2 Å². The number of aliphatic carboxylic acids is 1. The molecule has 0 fully saturated rings. The standard InChI is InChI=1S/C40H45N9O8S/c1-48(25-36-45-31-11-5-6-12-32(31)46-36)39(53)26-14-16-30-29(20-26)24-49(40(54)33(44-30)21-37(50)51)19-9-3-2-8-18-41-38(52)28-15-17-35(42-22-28)47-43-23-27-10-4-7-13-34(27)58(55,56)57/h4-7,10-17,20,22,33,44,55-57H,2-3,8-9,18-19,21,23-25H2,1H3,(H,41,52)(H,45,46)(H,50,51). The summed E-state index contributed by atoms with van der Waals surface area (Å²) in [7, 11) is -2.21. The number of rotatable bonds is 17. The first-order chi connectivity index (χ1) is 27.9. The van der Waals surface area contributed by atoms with Crippen molar-refractivity contribution in [2.75, 3.05) is 25.5 Å². The molecule has 1 aliphatic rings. The number of carbonyl (C=O) groups is 4. The van der Waals surface area contributed by atoms with Gasteiger partial charge in [0.2, 0.25) is 5.91 Å². The maximum Gasteiger partial charge on any atom is 0.305 e. The number of nitrogens with zero attached hydrogens (tertiary/aromatic N) is 6. The van der Waals surface area contributed by atoms with Crippen molar-refractivity contribution in [3.05, 3.63) is 113 Å². The van der Waals surface area contributed by atoms with Crippen LogP contribution in [0, 0.1) is 0 Å². The van der Waals surface area contributed by atoms with Gasteiger partial charge >= 0.3 is 5.97 Å². The Balaban J connectivity index is 0.964. The summed E-state index contributed by atoms with van der Waals surface area (Å²) in [4.78, 5) is 66.5. The highest BCUT2D eigenvalue weighted by molar-refractivity contribution is 8.19. The molecular formula is C40H45N9O8S. The minimum atomic E-state index is -3.90. The predicted octanol–water partition coefficient (Wildman–Crippen LogP) is 6.68. The second kappa shape index (κ2) is 18.8. The number of azo groups is 1. The van der Waals surface area contributed by atoms with E-state index in [0.717, 1.165) is 23.9 Å². The van der Waals surface area contributed by atoms with Crippen LogP contribution in [0.5, 0.6) is 0 Å². The lowest BCUT2D eigenvalue weighted by atomic mass is 10.1. The van der Waals surface area contributed by atoms with Crippen LogP contribution in [-0.4, -0.2) is 93.4 Å². The van der Waals surface area contributed by atoms with E-state index in [1.807, 2.05) is 24.3 Å². The largest absolute Gasteiger partial charge is 0.481 e. The minimum Gasteiger partial charge on any atom is -0.481 e. The van der Waals surface area contributed by atoms with Crippen LogP contribution in [-0.2, 0) is 29.2 Å². The SMILES string of the molecule is CN(Cc1nc2ccccc2[nH]1)C(=O)c1ccc2c(c1)CN(CCCCCCNC(=O)c1ccc(N=NCc3ccccc3S(O)(O)O)nc1)C(=O)C(CC(=O)O)N2. The van der Waals surface area contributed by atoms with Gasteiger partial charge in [-0.15, -0.1) is 5.11 Å². The number of benzene rings is 3. The summed E-state index contributed by atoms with van der Waals surface area (Å²) >= 11 is 0. The molecule has 3 aromatic carbocycles. The van der Waals surface area contributed by atoms with E-state index in [1.165, 1.54) is 18.3 Å². The van der Waals surface area contributed by atoms with Gasteiger partial charge < -0.3 is 44.2 Å². The Kier molecular flexibility index (Phi) is 13.4. The van der Waals surface area contributed by atoms with Gasteiger partial charge in [-0.25, -0.2) is 9.97 Å². The molecule has 0 bridgehead atoms. The number of carboxylic acid groups (broad SMARTS) is 1. The predicted molar refractivity (Wildman–Crippen MR) is 217 cm³/mol. The summed E-state index contributed by atoms with van der Waals surface area (Å²) in [5.74, 6) is -1.05. The Labute approximate surface area is 335 Å². The maximum atomic E-state index is 13.5. The van der Waals surface area contributed by atoms with E-state index in [0.29, 0.717) is 59.7 Å². The Bertz CT molecular complexity index is 2260. The summed E-state index contributed by atoms with van der Waals surface area (Å²) in [6.45, 7) is 1.27. The number of carbonyl (C=O) groups excluding carboxylic acids is 3. The molecule has 0 aliphatic carbocycles. The van der Waals surface area contributed by atoms with Gasteiger partial charge in [-0.2, -0.15) is 5.11 Å². The van der Waals surface area contributed by atoms with Crippen molar-refractivity contribution in [2.45, 2.75) is 62.7 Å². The molecular weight excluding hydrogens is 767 g/mol. The molecule has 3 amide bonds. The highest BCUT2D eigenvalue weighted by Gasteiger charge is 2.31. The van der Waals surface area contributed by atoms with Crippen molar-refractivity contribution in [3.8, 4) is 0 Å². The van der Waals surface area contributed by atoms with Crippen LogP contribution in [0.25, 0.3) is 11.0 Å². The number of para-hydroxylation sites is 2. The summed E-state index contributed by atoms with van der Waals surface area (Å²) < 4.78 is 28.8. The number of aromatic nitrogens is 3. The van der Waals surface area contributed by atoms with Crippen LogP contribution < -0.4 is 10.6 Å². The zero-order chi connectivity index (χ0) is 41.2. The fourth-order valence-electron chi connectivity index (χ4n) is 6.60. The third-order valence-electron chi connectivity index (χ3n) is 9.54. The highest BCUT2D eigenvalue weighted by Crippen LogP contribution is 2.45. The highest BCUT2D eigenvalue weighted by atomic mass is 32.3. The van der Waals surface area contributed by atoms with Crippen molar-refractivity contribution in [3.63, 3.8) is 0 Å². The first-order valence-electron chi connectivity index (χ1n) is 18.6. The van der Waals surface area contributed by atoms with E-state index in [9.17, 15) is 37.9 Å². The average molecular weight is 812 g/mol. The van der Waals surface area contributed by atoms with Crippen molar-refractivity contribution >= 4 is 57.1 Å². The molecule has 58 heavy (non-hydrogen) atoms. The van der Waals surface area contributed by atoms with Crippen molar-refractivity contribution in [1.82, 2.24) is 30.1 Å². The normalized spacial score (nSPS) is 14.5. The van der Waals surface area contributed by atoms with E-state index in [1.54, 1.807) is 59.3 Å². The lowest BCUT2D eigenvalue weighted by Gasteiger charge is -2.24. The van der Waals surface area contributed by atoms with Gasteiger partial charge in [-0.1, -0.05) is 43.2 Å². The molecule has 5 aromatic rings. The fourth-order valence-corrected chi connectivity index (χ4v) is 7.35. The molecule has 2 aromatic heterocycles. The number of pyridine rings is 1. The lowest BCUT2D eigenvalue weighted by Crippen LogP contribution is -2.42. The van der Waals surface area contributed by atoms with E-state index >= 15 is 0 Å². The molecule has 3 heterocycles. The van der Waals surface area contributed by atoms with E-state index in [2.05, 4.69) is 35.8 Å². The number of anilines is 1. The van der Waals surface area contributed by atoms with Crippen LogP contribution in [0.2, 0.25) is 0 Å². The Morgan fingerprint density at radius 2 is 1.72 bits per heavy atom. The number of unbranched alkanes of at least 4 members (excludes halogenated alkanes) is 3. The summed E-state index contributed by atoms with van der Waals surface area (Å²) in [6, 6.07) is 21.1. The van der Waals surface area contributed by atoms with Crippen LogP contribution in [0.4, 0.5) is 11.5 Å². The first-order valence-corrected chi connectivity index (χ1v) is 20.2. The van der Waals surface area contributed by atoms with Gasteiger partial charge in [0.15, 0.2) is 5.82 Å². The minimum absolute atomic E-state index is 0.0191. The zero-order valence-electron chi connectivity index (χ0n) is 31.7. The third kappa shape index (κ3) is 10.8. The Hall–Kier alpha value is -6.21. The first kappa shape index (κ1) is 41.4. The number of nitrogens with one attached hydrogen (secondary N) is 3. The summed E-state index contributed by atoms with van der Waals surface area (Å²) in [5, 5.41) is 23.5. The number of hydrogen-bond donors (Lipinski definition) is 7. The van der Waals surface area contributed by atoms with Crippen LogP contribution in [0.3, 0.4) is 0 Å². The van der Waals surface area contributed by atoms with E-state index in [-0.39, 0.29) is 48.1 Å². The molecule has 17 nitrogen and oxygen atoms in total. The molecule has 304 valence electrons. The second-order valence-electron chi connectivity index (χ2n) is 13.9. The average Bonchev–Trinajstić information content (AvgIpc) is 3.56. The quantitative estimate of drug-likeness (QED) is 0.0385. The van der Waals surface area contributed by atoms with Gasteiger partial charge in [0, 0.05) is 44.1 Å². The number of imidazole rings is 1. The van der Waals surface area contributed by atoms with Gasteiger partial charge in [0.05, 0.1) is 41.0 Å². The van der Waals surface area contributed by atoms with Gasteiger partial charge in [-0.05, 0) is 72.5 Å². The number of fused-ring (bicyclic) bond motifs is 2. The van der Waals surface area contributed by atoms with Crippen LogP contribution >= 0.6 is 10.9 Å². The number of aromatic amines is 1. The van der Waals surface area contributed by atoms with Gasteiger partial charge in [0.25, 0.3) is 11.8 Å². The second-order valence-corrected chi connectivity index (χ2v) is 15.4. The molecule has 1 aliphatic heterocycles. The molecule has 1 atom stereocenters. The maximum absolute atomic E-state index is 13.5. The molecule has 6 rings (SSSR count). The van der Waals surface area contributed by atoms with E-state index < -0.39 is 29.3 Å². The number of H-pyrrole nitrogens is 1. The third-order valence-corrected chi connectivity index (χ3v) is 10.5. The number of carboxylic acids is 1. The number of hydrogen-bond acceptors (Lipinski definition) is 12.